The molecule has 3 aromatic rings. The number of hydrogen-bond donors (Lipinski definition) is 3. The fraction of sp³-hybridized carbons (Fsp3) is 0.167. The molecule has 6 heteroatoms. The van der Waals surface area contributed by atoms with E-state index in [0.29, 0.717) is 12.0 Å². The number of para-hydroxylation sites is 1. The van der Waals surface area contributed by atoms with Crippen LogP contribution in [0.2, 0.25) is 0 Å². The molecule has 0 fully saturated rings. The number of rotatable bonds is 5. The second-order valence-electron chi connectivity index (χ2n) is 5.54. The molecule has 3 N–H and O–H groups in total. The van der Waals surface area contributed by atoms with Crippen LogP contribution in [-0.2, 0) is 6.42 Å². The number of aliphatic hydroxyl groups excluding tert-OH is 1. The van der Waals surface area contributed by atoms with Crippen molar-refractivity contribution in [3.05, 3.63) is 67.8 Å². The van der Waals surface area contributed by atoms with Crippen LogP contribution >= 0.6 is 38.5 Å². The van der Waals surface area contributed by atoms with Crippen molar-refractivity contribution in [1.29, 1.82) is 0 Å². The van der Waals surface area contributed by atoms with Crippen LogP contribution in [-0.4, -0.2) is 28.6 Å². The molecular weight excluding hydrogens is 483 g/mol. The lowest BCUT2D eigenvalue weighted by Gasteiger charge is -2.17. The quantitative estimate of drug-likeness (QED) is 0.467. The Balaban J connectivity index is 1.77. The van der Waals surface area contributed by atoms with Gasteiger partial charge in [-0.3, -0.25) is 4.79 Å². The van der Waals surface area contributed by atoms with Gasteiger partial charge in [-0.15, -0.1) is 0 Å². The normalized spacial score (nSPS) is 12.3. The van der Waals surface area contributed by atoms with Crippen molar-refractivity contribution in [2.45, 2.75) is 12.5 Å². The van der Waals surface area contributed by atoms with E-state index in [-0.39, 0.29) is 18.6 Å². The van der Waals surface area contributed by atoms with Crippen LogP contribution in [0.4, 0.5) is 0 Å². The van der Waals surface area contributed by atoms with Gasteiger partial charge in [0, 0.05) is 25.1 Å². The van der Waals surface area contributed by atoms with Crippen LogP contribution in [0.1, 0.15) is 15.9 Å². The number of amides is 1. The summed E-state index contributed by atoms with van der Waals surface area (Å²) in [5.41, 5.74) is 2.70. The van der Waals surface area contributed by atoms with Crippen LogP contribution in [0.5, 0.6) is 0 Å². The predicted molar refractivity (Wildman–Crippen MR) is 107 cm³/mol. The number of aromatic nitrogens is 1. The summed E-state index contributed by atoms with van der Waals surface area (Å²) >= 11 is 5.58. The molecule has 2 aromatic carbocycles. The van der Waals surface area contributed by atoms with E-state index in [1.807, 2.05) is 48.7 Å². The van der Waals surface area contributed by atoms with Gasteiger partial charge in [0.1, 0.15) is 0 Å². The fourth-order valence-electron chi connectivity index (χ4n) is 2.66. The van der Waals surface area contributed by atoms with Gasteiger partial charge in [-0.1, -0.05) is 18.2 Å². The first kappa shape index (κ1) is 17.4. The summed E-state index contributed by atoms with van der Waals surface area (Å²) in [6.07, 6.45) is 2.49. The summed E-state index contributed by atoms with van der Waals surface area (Å²) in [7, 11) is 0. The molecule has 0 saturated heterocycles. The SMILES string of the molecule is O=C(N[C@@H](CO)Cc1c[nH]c2ccccc12)c1cc(I)ccc1Br. The zero-order valence-electron chi connectivity index (χ0n) is 12.7. The van der Waals surface area contributed by atoms with Gasteiger partial charge in [-0.2, -0.15) is 0 Å². The monoisotopic (exact) mass is 498 g/mol. The van der Waals surface area contributed by atoms with Gasteiger partial charge >= 0.3 is 0 Å². The van der Waals surface area contributed by atoms with Crippen LogP contribution in [0, 0.1) is 3.57 Å². The Bertz CT molecular complexity index is 878. The minimum atomic E-state index is -0.346. The topological polar surface area (TPSA) is 65.1 Å². The zero-order chi connectivity index (χ0) is 17.1. The molecule has 24 heavy (non-hydrogen) atoms. The maximum Gasteiger partial charge on any atom is 0.252 e. The Morgan fingerprint density at radius 1 is 1.29 bits per heavy atom. The minimum absolute atomic E-state index is 0.118. The van der Waals surface area contributed by atoms with E-state index in [0.717, 1.165) is 24.5 Å². The number of hydrogen-bond acceptors (Lipinski definition) is 2. The van der Waals surface area contributed by atoms with Gasteiger partial charge in [0.2, 0.25) is 0 Å². The van der Waals surface area contributed by atoms with E-state index in [9.17, 15) is 9.90 Å². The lowest BCUT2D eigenvalue weighted by atomic mass is 10.0. The summed E-state index contributed by atoms with van der Waals surface area (Å²) in [6, 6.07) is 13.3. The molecule has 0 bridgehead atoms. The molecule has 0 radical (unpaired) electrons. The van der Waals surface area contributed by atoms with Crippen LogP contribution in [0.25, 0.3) is 10.9 Å². The Morgan fingerprint density at radius 3 is 2.88 bits per heavy atom. The number of fused-ring (bicyclic) bond motifs is 1. The van der Waals surface area contributed by atoms with Crippen LogP contribution in [0.15, 0.2) is 53.1 Å². The number of aliphatic hydroxyl groups is 1. The van der Waals surface area contributed by atoms with Crippen LogP contribution < -0.4 is 5.32 Å². The zero-order valence-corrected chi connectivity index (χ0v) is 16.5. The molecule has 0 unspecified atom stereocenters. The van der Waals surface area contributed by atoms with E-state index < -0.39 is 0 Å². The maximum atomic E-state index is 12.5. The summed E-state index contributed by atoms with van der Waals surface area (Å²) in [6.45, 7) is -0.118. The molecule has 1 heterocycles. The molecular formula is C18H16BrIN2O2. The lowest BCUT2D eigenvalue weighted by molar-refractivity contribution is 0.0915. The molecule has 124 valence electrons. The van der Waals surface area contributed by atoms with E-state index in [2.05, 4.69) is 48.8 Å². The van der Waals surface area contributed by atoms with E-state index >= 15 is 0 Å². The Labute approximate surface area is 161 Å². The third-order valence-corrected chi connectivity index (χ3v) is 5.23. The number of carbonyl (C=O) groups is 1. The van der Waals surface area contributed by atoms with Gasteiger partial charge in [0.25, 0.3) is 5.91 Å². The van der Waals surface area contributed by atoms with Crippen molar-refractivity contribution < 1.29 is 9.90 Å². The van der Waals surface area contributed by atoms with Crippen molar-refractivity contribution in [2.75, 3.05) is 6.61 Å². The fourth-order valence-corrected chi connectivity index (χ4v) is 3.58. The Kier molecular flexibility index (Phi) is 5.57. The number of benzene rings is 2. The first-order chi connectivity index (χ1) is 11.6. The number of carbonyl (C=O) groups excluding carboxylic acids is 1. The smallest absolute Gasteiger partial charge is 0.252 e. The largest absolute Gasteiger partial charge is 0.394 e. The number of nitrogens with one attached hydrogen (secondary N) is 2. The number of H-pyrrole nitrogens is 1. The van der Waals surface area contributed by atoms with Crippen molar-refractivity contribution in [2.24, 2.45) is 0 Å². The highest BCUT2D eigenvalue weighted by molar-refractivity contribution is 14.1. The van der Waals surface area contributed by atoms with E-state index in [1.54, 1.807) is 0 Å². The first-order valence-electron chi connectivity index (χ1n) is 7.50. The highest BCUT2D eigenvalue weighted by Crippen LogP contribution is 2.21. The Hall–Kier alpha value is -1.38. The van der Waals surface area contributed by atoms with Crippen molar-refractivity contribution in [1.82, 2.24) is 10.3 Å². The van der Waals surface area contributed by atoms with Crippen LogP contribution in [0.3, 0.4) is 0 Å². The van der Waals surface area contributed by atoms with Gasteiger partial charge in [-0.05, 0) is 74.8 Å². The minimum Gasteiger partial charge on any atom is -0.394 e. The van der Waals surface area contributed by atoms with Gasteiger partial charge in [0.05, 0.1) is 18.2 Å². The lowest BCUT2D eigenvalue weighted by Crippen LogP contribution is -2.39. The molecule has 0 aliphatic heterocycles. The molecule has 1 atom stereocenters. The molecule has 0 saturated carbocycles. The molecule has 0 aliphatic carbocycles. The van der Waals surface area contributed by atoms with Crippen molar-refractivity contribution in [3.63, 3.8) is 0 Å². The predicted octanol–water partition coefficient (Wildman–Crippen LogP) is 3.87. The summed E-state index contributed by atoms with van der Waals surface area (Å²) in [5, 5.41) is 13.7. The highest BCUT2D eigenvalue weighted by Gasteiger charge is 2.17. The maximum absolute atomic E-state index is 12.5. The number of aromatic amines is 1. The average molecular weight is 499 g/mol. The summed E-state index contributed by atoms with van der Waals surface area (Å²) in [5.74, 6) is -0.195. The Morgan fingerprint density at radius 2 is 2.08 bits per heavy atom. The van der Waals surface area contributed by atoms with Crippen molar-refractivity contribution >= 4 is 55.3 Å². The third kappa shape index (κ3) is 3.81. The third-order valence-electron chi connectivity index (χ3n) is 3.87. The second-order valence-corrected chi connectivity index (χ2v) is 7.64. The standard InChI is InChI=1S/C18H16BrIN2O2/c19-16-6-5-12(20)8-15(16)18(24)22-13(10-23)7-11-9-21-17-4-2-1-3-14(11)17/h1-6,8-9,13,21,23H,7,10H2,(H,22,24)/t13-/m1/s1. The first-order valence-corrected chi connectivity index (χ1v) is 9.37. The highest BCUT2D eigenvalue weighted by atomic mass is 127. The van der Waals surface area contributed by atoms with Gasteiger partial charge in [-0.25, -0.2) is 0 Å². The van der Waals surface area contributed by atoms with Gasteiger partial charge < -0.3 is 15.4 Å². The molecule has 0 aliphatic rings. The average Bonchev–Trinajstić information content (AvgIpc) is 2.99. The molecule has 3 rings (SSSR count). The second kappa shape index (κ2) is 7.67. The van der Waals surface area contributed by atoms with E-state index in [1.165, 1.54) is 0 Å². The number of halogens is 2. The summed E-state index contributed by atoms with van der Waals surface area (Å²) < 4.78 is 1.72. The van der Waals surface area contributed by atoms with E-state index in [4.69, 9.17) is 0 Å². The molecule has 1 amide bonds. The van der Waals surface area contributed by atoms with Crippen molar-refractivity contribution in [3.8, 4) is 0 Å². The molecule has 4 nitrogen and oxygen atoms in total. The molecule has 0 spiro atoms. The van der Waals surface area contributed by atoms with Gasteiger partial charge in [0.15, 0.2) is 0 Å². The summed E-state index contributed by atoms with van der Waals surface area (Å²) in [4.78, 5) is 15.7. The molecule has 1 aromatic heterocycles.